The number of hydrogen-bond acceptors (Lipinski definition) is 1. The molecule has 1 aromatic rings. The molecular weight excluding hydrogens is 158 g/mol. The van der Waals surface area contributed by atoms with Crippen LogP contribution < -0.4 is 5.73 Å². The fraction of sp³-hybridized carbons (Fsp3) is 0.500. The fourth-order valence-electron chi connectivity index (χ4n) is 1.46. The van der Waals surface area contributed by atoms with Crippen LogP contribution in [0.2, 0.25) is 0 Å². The summed E-state index contributed by atoms with van der Waals surface area (Å²) in [6.45, 7) is 6.46. The molecule has 0 amide bonds. The van der Waals surface area contributed by atoms with Crippen molar-refractivity contribution in [1.29, 1.82) is 0 Å². The van der Waals surface area contributed by atoms with E-state index in [0.717, 1.165) is 12.8 Å². The molecule has 0 radical (unpaired) electrons. The Morgan fingerprint density at radius 1 is 1.31 bits per heavy atom. The summed E-state index contributed by atoms with van der Waals surface area (Å²) >= 11 is 0. The highest BCUT2D eigenvalue weighted by atomic mass is 14.6. The summed E-state index contributed by atoms with van der Waals surface area (Å²) < 4.78 is 0. The van der Waals surface area contributed by atoms with Gasteiger partial charge in [-0.25, -0.2) is 0 Å². The second-order valence-electron chi connectivity index (χ2n) is 3.73. The van der Waals surface area contributed by atoms with Crippen LogP contribution in [-0.2, 0) is 6.42 Å². The summed E-state index contributed by atoms with van der Waals surface area (Å²) in [6, 6.07) is 6.74. The molecule has 72 valence electrons. The normalized spacial score (nSPS) is 12.9. The largest absolute Gasteiger partial charge is 0.327 e. The number of nitrogens with two attached hydrogens (primary N) is 1. The van der Waals surface area contributed by atoms with Crippen molar-refractivity contribution in [3.63, 3.8) is 0 Å². The lowest BCUT2D eigenvalue weighted by Gasteiger charge is -2.12. The summed E-state index contributed by atoms with van der Waals surface area (Å²) in [6.07, 6.45) is 2.05. The van der Waals surface area contributed by atoms with Gasteiger partial charge in [0.2, 0.25) is 0 Å². The first-order valence-corrected chi connectivity index (χ1v) is 4.95. The zero-order valence-electron chi connectivity index (χ0n) is 8.80. The Labute approximate surface area is 81.0 Å². The molecule has 1 aromatic carbocycles. The van der Waals surface area contributed by atoms with Crippen molar-refractivity contribution in [2.75, 3.05) is 0 Å². The summed E-state index contributed by atoms with van der Waals surface area (Å²) in [4.78, 5) is 0. The van der Waals surface area contributed by atoms with Crippen molar-refractivity contribution in [2.24, 2.45) is 5.73 Å². The third-order valence-electron chi connectivity index (χ3n) is 2.72. The van der Waals surface area contributed by atoms with Crippen LogP contribution in [0.1, 0.15) is 30.0 Å². The van der Waals surface area contributed by atoms with E-state index in [4.69, 9.17) is 5.73 Å². The maximum Gasteiger partial charge on any atom is 0.00767 e. The van der Waals surface area contributed by atoms with Crippen LogP contribution in [0, 0.1) is 13.8 Å². The fourth-order valence-corrected chi connectivity index (χ4v) is 1.46. The maximum absolute atomic E-state index is 5.92. The van der Waals surface area contributed by atoms with Crippen molar-refractivity contribution in [3.8, 4) is 0 Å². The van der Waals surface area contributed by atoms with E-state index in [1.54, 1.807) is 0 Å². The summed E-state index contributed by atoms with van der Waals surface area (Å²) in [5.41, 5.74) is 10.1. The molecule has 0 aliphatic carbocycles. The number of hydrogen-bond donors (Lipinski definition) is 1. The second-order valence-corrected chi connectivity index (χ2v) is 3.73. The molecule has 0 fully saturated rings. The van der Waals surface area contributed by atoms with E-state index >= 15 is 0 Å². The van der Waals surface area contributed by atoms with Crippen LogP contribution in [0.25, 0.3) is 0 Å². The molecule has 0 aromatic heterocycles. The number of benzene rings is 1. The lowest BCUT2D eigenvalue weighted by Crippen LogP contribution is -2.21. The number of rotatable bonds is 3. The molecule has 0 heterocycles. The Kier molecular flexibility index (Phi) is 3.49. The predicted molar refractivity (Wildman–Crippen MR) is 57.9 cm³/mol. The highest BCUT2D eigenvalue weighted by Gasteiger charge is 2.04. The molecule has 0 spiro atoms. The van der Waals surface area contributed by atoms with E-state index in [9.17, 15) is 0 Å². The van der Waals surface area contributed by atoms with Gasteiger partial charge in [-0.1, -0.05) is 25.1 Å². The van der Waals surface area contributed by atoms with Gasteiger partial charge in [0.25, 0.3) is 0 Å². The average Bonchev–Trinajstić information content (AvgIpc) is 2.13. The minimum absolute atomic E-state index is 0.306. The first-order chi connectivity index (χ1) is 6.15. The average molecular weight is 177 g/mol. The molecule has 1 rings (SSSR count). The Morgan fingerprint density at radius 3 is 2.62 bits per heavy atom. The summed E-state index contributed by atoms with van der Waals surface area (Å²) in [7, 11) is 0. The predicted octanol–water partition coefficient (Wildman–Crippen LogP) is 2.58. The highest BCUT2D eigenvalue weighted by molar-refractivity contribution is 5.33. The van der Waals surface area contributed by atoms with Gasteiger partial charge < -0.3 is 5.73 Å². The minimum atomic E-state index is 0.306. The lowest BCUT2D eigenvalue weighted by atomic mass is 9.97. The monoisotopic (exact) mass is 177 g/mol. The van der Waals surface area contributed by atoms with Gasteiger partial charge in [0, 0.05) is 6.04 Å². The smallest absolute Gasteiger partial charge is 0.00767 e. The molecule has 2 N–H and O–H groups in total. The Morgan fingerprint density at radius 2 is 2.00 bits per heavy atom. The van der Waals surface area contributed by atoms with Gasteiger partial charge in [-0.15, -0.1) is 0 Å². The van der Waals surface area contributed by atoms with Gasteiger partial charge in [-0.2, -0.15) is 0 Å². The van der Waals surface area contributed by atoms with Crippen LogP contribution in [0.15, 0.2) is 18.2 Å². The molecule has 0 saturated carbocycles. The molecule has 0 aliphatic rings. The third-order valence-corrected chi connectivity index (χ3v) is 2.72. The molecular formula is C12H19N. The van der Waals surface area contributed by atoms with Crippen molar-refractivity contribution < 1.29 is 0 Å². The molecule has 0 unspecified atom stereocenters. The topological polar surface area (TPSA) is 26.0 Å². The van der Waals surface area contributed by atoms with E-state index < -0.39 is 0 Å². The van der Waals surface area contributed by atoms with E-state index in [0.29, 0.717) is 6.04 Å². The third kappa shape index (κ3) is 2.56. The molecule has 13 heavy (non-hydrogen) atoms. The lowest BCUT2D eigenvalue weighted by molar-refractivity contribution is 0.644. The molecule has 1 atom stereocenters. The maximum atomic E-state index is 5.92. The van der Waals surface area contributed by atoms with Crippen molar-refractivity contribution >= 4 is 0 Å². The zero-order chi connectivity index (χ0) is 9.84. The second kappa shape index (κ2) is 4.43. The van der Waals surface area contributed by atoms with E-state index in [2.05, 4.69) is 39.0 Å². The van der Waals surface area contributed by atoms with Crippen molar-refractivity contribution in [2.45, 2.75) is 39.7 Å². The van der Waals surface area contributed by atoms with Crippen molar-refractivity contribution in [1.82, 2.24) is 0 Å². The van der Waals surface area contributed by atoms with Gasteiger partial charge in [-0.3, -0.25) is 0 Å². The Bertz CT molecular complexity index is 278. The van der Waals surface area contributed by atoms with E-state index in [1.807, 2.05) is 0 Å². The molecule has 0 saturated heterocycles. The Hall–Kier alpha value is -0.820. The molecule has 1 heteroatoms. The van der Waals surface area contributed by atoms with Gasteiger partial charge in [0.15, 0.2) is 0 Å². The highest BCUT2D eigenvalue weighted by Crippen LogP contribution is 2.14. The molecule has 0 bridgehead atoms. The molecule has 0 aliphatic heterocycles. The van der Waals surface area contributed by atoms with Crippen LogP contribution in [0.3, 0.4) is 0 Å². The van der Waals surface area contributed by atoms with E-state index in [-0.39, 0.29) is 0 Å². The Balaban J connectivity index is 2.83. The van der Waals surface area contributed by atoms with Crippen molar-refractivity contribution in [3.05, 3.63) is 34.9 Å². The SMILES string of the molecule is CC[C@@H](N)Cc1cccc(C)c1C. The van der Waals surface area contributed by atoms with Gasteiger partial charge in [0.05, 0.1) is 0 Å². The summed E-state index contributed by atoms with van der Waals surface area (Å²) in [5, 5.41) is 0. The van der Waals surface area contributed by atoms with Crippen LogP contribution in [0.4, 0.5) is 0 Å². The van der Waals surface area contributed by atoms with Crippen LogP contribution in [-0.4, -0.2) is 6.04 Å². The quantitative estimate of drug-likeness (QED) is 0.754. The standard InChI is InChI=1S/C12H19N/c1-4-12(13)8-11-7-5-6-9(2)10(11)3/h5-7,12H,4,8,13H2,1-3H3/t12-/m1/s1. The first-order valence-electron chi connectivity index (χ1n) is 4.95. The van der Waals surface area contributed by atoms with Crippen LogP contribution in [0.5, 0.6) is 0 Å². The first kappa shape index (κ1) is 10.3. The number of aryl methyl sites for hydroxylation is 1. The van der Waals surface area contributed by atoms with Gasteiger partial charge in [0.1, 0.15) is 0 Å². The van der Waals surface area contributed by atoms with Gasteiger partial charge in [-0.05, 0) is 43.4 Å². The van der Waals surface area contributed by atoms with Gasteiger partial charge >= 0.3 is 0 Å². The molecule has 1 nitrogen and oxygen atoms in total. The zero-order valence-corrected chi connectivity index (χ0v) is 8.80. The summed E-state index contributed by atoms with van der Waals surface area (Å²) in [5.74, 6) is 0. The van der Waals surface area contributed by atoms with E-state index in [1.165, 1.54) is 16.7 Å². The van der Waals surface area contributed by atoms with Crippen LogP contribution >= 0.6 is 0 Å². The minimum Gasteiger partial charge on any atom is -0.327 e.